The third kappa shape index (κ3) is 2.48. The summed E-state index contributed by atoms with van der Waals surface area (Å²) in [6.45, 7) is 3.28. The highest BCUT2D eigenvalue weighted by Gasteiger charge is 2.15. The average Bonchev–Trinajstić information content (AvgIpc) is 2.20. The summed E-state index contributed by atoms with van der Waals surface area (Å²) in [5.74, 6) is -0.314. The van der Waals surface area contributed by atoms with E-state index in [9.17, 15) is 4.39 Å². The molecule has 1 atom stereocenters. The van der Waals surface area contributed by atoms with Crippen molar-refractivity contribution in [3.8, 4) is 0 Å². The van der Waals surface area contributed by atoms with Gasteiger partial charge >= 0.3 is 0 Å². The van der Waals surface area contributed by atoms with E-state index in [1.807, 2.05) is 0 Å². The van der Waals surface area contributed by atoms with Crippen molar-refractivity contribution in [3.05, 3.63) is 33.6 Å². The lowest BCUT2D eigenvalue weighted by molar-refractivity contribution is 0.276. The van der Waals surface area contributed by atoms with Crippen molar-refractivity contribution >= 4 is 11.6 Å². The standard InChI is InChI=1S/C11H15ClFNO/c1-6-8(10(14)3-4-15)5-9(12)7(2)11(6)13/h5,10,15H,3-4,14H2,1-2H3. The van der Waals surface area contributed by atoms with E-state index >= 15 is 0 Å². The molecule has 84 valence electrons. The second kappa shape index (κ2) is 4.92. The molecular formula is C11H15ClFNO. The molecule has 1 aromatic carbocycles. The van der Waals surface area contributed by atoms with Crippen LogP contribution in [0.5, 0.6) is 0 Å². The minimum absolute atomic E-state index is 0.0201. The number of rotatable bonds is 3. The molecule has 0 aliphatic heterocycles. The fourth-order valence-electron chi connectivity index (χ4n) is 1.55. The first-order chi connectivity index (χ1) is 6.99. The minimum atomic E-state index is -0.373. The van der Waals surface area contributed by atoms with Crippen LogP contribution in [0.25, 0.3) is 0 Å². The molecule has 0 spiro atoms. The number of benzene rings is 1. The van der Waals surface area contributed by atoms with Crippen LogP contribution in [-0.2, 0) is 0 Å². The number of nitrogens with two attached hydrogens (primary N) is 1. The van der Waals surface area contributed by atoms with E-state index in [1.165, 1.54) is 0 Å². The highest BCUT2D eigenvalue weighted by atomic mass is 35.5. The molecule has 4 heteroatoms. The molecule has 2 nitrogen and oxygen atoms in total. The largest absolute Gasteiger partial charge is 0.396 e. The molecule has 0 aliphatic rings. The van der Waals surface area contributed by atoms with E-state index < -0.39 is 0 Å². The lowest BCUT2D eigenvalue weighted by Crippen LogP contribution is -2.14. The third-order valence-corrected chi connectivity index (χ3v) is 2.96. The van der Waals surface area contributed by atoms with Gasteiger partial charge in [-0.2, -0.15) is 0 Å². The summed E-state index contributed by atoms with van der Waals surface area (Å²) in [7, 11) is 0. The zero-order valence-corrected chi connectivity index (χ0v) is 9.61. The first-order valence-electron chi connectivity index (χ1n) is 4.80. The maximum absolute atomic E-state index is 13.7. The maximum atomic E-state index is 13.7. The molecule has 0 aromatic heterocycles. The van der Waals surface area contributed by atoms with Crippen molar-refractivity contribution in [3.63, 3.8) is 0 Å². The van der Waals surface area contributed by atoms with Gasteiger partial charge in [-0.3, -0.25) is 0 Å². The predicted molar refractivity (Wildman–Crippen MR) is 59.5 cm³/mol. The van der Waals surface area contributed by atoms with E-state index in [4.69, 9.17) is 22.4 Å². The van der Waals surface area contributed by atoms with Crippen molar-refractivity contribution in [2.24, 2.45) is 5.73 Å². The van der Waals surface area contributed by atoms with Crippen molar-refractivity contribution < 1.29 is 9.50 Å². The molecule has 0 amide bonds. The maximum Gasteiger partial charge on any atom is 0.130 e. The molecular weight excluding hydrogens is 217 g/mol. The summed E-state index contributed by atoms with van der Waals surface area (Å²) >= 11 is 5.88. The molecule has 0 aliphatic carbocycles. The smallest absolute Gasteiger partial charge is 0.130 e. The van der Waals surface area contributed by atoms with E-state index in [1.54, 1.807) is 19.9 Å². The molecule has 3 N–H and O–H groups in total. The highest BCUT2D eigenvalue weighted by Crippen LogP contribution is 2.28. The van der Waals surface area contributed by atoms with Gasteiger partial charge in [0.2, 0.25) is 0 Å². The van der Waals surface area contributed by atoms with Crippen LogP contribution in [0.4, 0.5) is 4.39 Å². The van der Waals surface area contributed by atoms with E-state index in [0.29, 0.717) is 28.1 Å². The summed E-state index contributed by atoms with van der Waals surface area (Å²) in [5, 5.41) is 9.15. The number of aliphatic hydroxyl groups excluding tert-OH is 1. The summed E-state index contributed by atoms with van der Waals surface area (Å²) in [6.07, 6.45) is 0.402. The normalized spacial score (nSPS) is 12.9. The third-order valence-electron chi connectivity index (χ3n) is 2.57. The van der Waals surface area contributed by atoms with Gasteiger partial charge in [-0.05, 0) is 37.5 Å². The Labute approximate surface area is 93.9 Å². The summed E-state index contributed by atoms with van der Waals surface area (Å²) < 4.78 is 13.7. The molecule has 1 unspecified atom stereocenters. The van der Waals surface area contributed by atoms with E-state index in [2.05, 4.69) is 0 Å². The molecule has 0 heterocycles. The zero-order chi connectivity index (χ0) is 11.6. The molecule has 1 rings (SSSR count). The van der Waals surface area contributed by atoms with Gasteiger partial charge in [0.05, 0.1) is 0 Å². The van der Waals surface area contributed by atoms with Crippen molar-refractivity contribution in [2.75, 3.05) is 6.61 Å². The summed E-state index contributed by atoms with van der Waals surface area (Å²) in [6, 6.07) is 1.30. The number of halogens is 2. The highest BCUT2D eigenvalue weighted by molar-refractivity contribution is 6.31. The average molecular weight is 232 g/mol. The minimum Gasteiger partial charge on any atom is -0.396 e. The Morgan fingerprint density at radius 1 is 1.47 bits per heavy atom. The van der Waals surface area contributed by atoms with E-state index in [0.717, 1.165) is 0 Å². The Kier molecular flexibility index (Phi) is 4.08. The van der Waals surface area contributed by atoms with Crippen LogP contribution in [0.15, 0.2) is 6.07 Å². The van der Waals surface area contributed by atoms with Gasteiger partial charge in [0.25, 0.3) is 0 Å². The fourth-order valence-corrected chi connectivity index (χ4v) is 1.75. The summed E-state index contributed by atoms with van der Waals surface area (Å²) in [5.41, 5.74) is 7.42. The fraction of sp³-hybridized carbons (Fsp3) is 0.455. The van der Waals surface area contributed by atoms with E-state index in [-0.39, 0.29) is 18.5 Å². The van der Waals surface area contributed by atoms with Gasteiger partial charge in [0.15, 0.2) is 0 Å². The Balaban J connectivity index is 3.19. The Morgan fingerprint density at radius 2 is 2.07 bits per heavy atom. The second-order valence-electron chi connectivity index (χ2n) is 3.63. The number of hydrogen-bond donors (Lipinski definition) is 2. The Bertz CT molecular complexity index is 368. The van der Waals surface area contributed by atoms with Gasteiger partial charge in [0, 0.05) is 23.2 Å². The van der Waals surface area contributed by atoms with Crippen molar-refractivity contribution in [1.29, 1.82) is 0 Å². The lowest BCUT2D eigenvalue weighted by atomic mass is 9.97. The molecule has 0 bridgehead atoms. The molecule has 1 aromatic rings. The summed E-state index contributed by atoms with van der Waals surface area (Å²) in [4.78, 5) is 0. The van der Waals surface area contributed by atoms with Crippen LogP contribution in [0.1, 0.15) is 29.2 Å². The van der Waals surface area contributed by atoms with Crippen LogP contribution in [-0.4, -0.2) is 11.7 Å². The Hall–Kier alpha value is -0.640. The quantitative estimate of drug-likeness (QED) is 0.840. The van der Waals surface area contributed by atoms with Gasteiger partial charge in [0.1, 0.15) is 5.82 Å². The molecule has 15 heavy (non-hydrogen) atoms. The Morgan fingerprint density at radius 3 is 2.60 bits per heavy atom. The van der Waals surface area contributed by atoms with Crippen LogP contribution >= 0.6 is 11.6 Å². The first kappa shape index (κ1) is 12.4. The molecule has 0 saturated carbocycles. The van der Waals surface area contributed by atoms with Gasteiger partial charge in [-0.15, -0.1) is 0 Å². The first-order valence-corrected chi connectivity index (χ1v) is 5.18. The zero-order valence-electron chi connectivity index (χ0n) is 8.85. The van der Waals surface area contributed by atoms with Crippen LogP contribution in [0.2, 0.25) is 5.02 Å². The molecule has 0 saturated heterocycles. The molecule has 0 fully saturated rings. The topological polar surface area (TPSA) is 46.2 Å². The van der Waals surface area contributed by atoms with Crippen molar-refractivity contribution in [1.82, 2.24) is 0 Å². The van der Waals surface area contributed by atoms with Gasteiger partial charge in [-0.25, -0.2) is 4.39 Å². The van der Waals surface area contributed by atoms with Gasteiger partial charge in [-0.1, -0.05) is 11.6 Å². The van der Waals surface area contributed by atoms with Crippen LogP contribution in [0, 0.1) is 19.7 Å². The SMILES string of the molecule is Cc1c(Cl)cc(C(N)CCO)c(C)c1F. The van der Waals surface area contributed by atoms with Crippen molar-refractivity contribution in [2.45, 2.75) is 26.3 Å². The van der Waals surface area contributed by atoms with Crippen LogP contribution in [0.3, 0.4) is 0 Å². The second-order valence-corrected chi connectivity index (χ2v) is 4.04. The number of aliphatic hydroxyl groups is 1. The number of hydrogen-bond acceptors (Lipinski definition) is 2. The van der Waals surface area contributed by atoms with Gasteiger partial charge < -0.3 is 10.8 Å². The predicted octanol–water partition coefficient (Wildman–Crippen LogP) is 2.48. The van der Waals surface area contributed by atoms with Crippen LogP contribution < -0.4 is 5.73 Å². The monoisotopic (exact) mass is 231 g/mol. The lowest BCUT2D eigenvalue weighted by Gasteiger charge is -2.16. The molecule has 0 radical (unpaired) electrons.